The molecule has 0 aliphatic carbocycles. The minimum atomic E-state index is 0.294. The summed E-state index contributed by atoms with van der Waals surface area (Å²) in [5, 5.41) is 3.68. The Morgan fingerprint density at radius 2 is 1.78 bits per heavy atom. The number of hydrogen-bond donors (Lipinski definition) is 1. The summed E-state index contributed by atoms with van der Waals surface area (Å²) in [7, 11) is 3.40. The topological polar surface area (TPSA) is 33.7 Å². The van der Waals surface area contributed by atoms with E-state index in [1.54, 1.807) is 14.2 Å². The normalized spacial score (nSPS) is 23.2. The Balaban J connectivity index is 1.69. The van der Waals surface area contributed by atoms with Crippen molar-refractivity contribution in [3.8, 4) is 11.5 Å². The molecule has 4 rings (SSSR count). The van der Waals surface area contributed by atoms with Crippen molar-refractivity contribution >= 4 is 0 Å². The molecule has 1 saturated heterocycles. The highest BCUT2D eigenvalue weighted by Crippen LogP contribution is 2.42. The molecular formula is C19H22N2O2. The highest BCUT2D eigenvalue weighted by Gasteiger charge is 2.38. The van der Waals surface area contributed by atoms with Gasteiger partial charge in [-0.1, -0.05) is 30.3 Å². The second kappa shape index (κ2) is 5.87. The van der Waals surface area contributed by atoms with Crippen molar-refractivity contribution < 1.29 is 9.47 Å². The molecule has 4 nitrogen and oxygen atoms in total. The van der Waals surface area contributed by atoms with Crippen LogP contribution >= 0.6 is 0 Å². The first-order valence-electron chi connectivity index (χ1n) is 8.10. The summed E-state index contributed by atoms with van der Waals surface area (Å²) in [5.41, 5.74) is 4.07. The van der Waals surface area contributed by atoms with Crippen LogP contribution in [0.1, 0.15) is 28.9 Å². The van der Waals surface area contributed by atoms with Crippen molar-refractivity contribution in [2.75, 3.05) is 27.3 Å². The molecule has 0 bridgehead atoms. The second-order valence-electron chi connectivity index (χ2n) is 6.13. The van der Waals surface area contributed by atoms with Crippen LogP contribution in [0.3, 0.4) is 0 Å². The highest BCUT2D eigenvalue weighted by molar-refractivity contribution is 5.50. The van der Waals surface area contributed by atoms with E-state index in [1.807, 2.05) is 0 Å². The minimum Gasteiger partial charge on any atom is -0.493 e. The van der Waals surface area contributed by atoms with Crippen molar-refractivity contribution in [1.29, 1.82) is 0 Å². The molecule has 0 amide bonds. The first-order chi connectivity index (χ1) is 11.3. The van der Waals surface area contributed by atoms with Crippen LogP contribution in [0.4, 0.5) is 0 Å². The number of hydrogen-bond acceptors (Lipinski definition) is 4. The van der Waals surface area contributed by atoms with Crippen LogP contribution in [0, 0.1) is 0 Å². The average Bonchev–Trinajstić information content (AvgIpc) is 3.05. The summed E-state index contributed by atoms with van der Waals surface area (Å²) < 4.78 is 10.9. The maximum atomic E-state index is 5.50. The van der Waals surface area contributed by atoms with E-state index in [0.717, 1.165) is 31.0 Å². The molecule has 0 unspecified atom stereocenters. The predicted molar refractivity (Wildman–Crippen MR) is 89.9 cm³/mol. The van der Waals surface area contributed by atoms with E-state index in [4.69, 9.17) is 9.47 Å². The average molecular weight is 310 g/mol. The zero-order chi connectivity index (χ0) is 15.8. The van der Waals surface area contributed by atoms with Crippen molar-refractivity contribution in [1.82, 2.24) is 10.2 Å². The van der Waals surface area contributed by atoms with Gasteiger partial charge in [-0.15, -0.1) is 0 Å². The quantitative estimate of drug-likeness (QED) is 0.945. The number of methoxy groups -OCH3 is 2. The predicted octanol–water partition coefficient (Wildman–Crippen LogP) is 2.91. The maximum absolute atomic E-state index is 5.50. The summed E-state index contributed by atoms with van der Waals surface area (Å²) in [6.45, 7) is 2.02. The summed E-state index contributed by atoms with van der Waals surface area (Å²) in [6.07, 6.45) is 1.33. The molecule has 0 spiro atoms. The van der Waals surface area contributed by atoms with Crippen molar-refractivity contribution in [2.45, 2.75) is 18.6 Å². The molecule has 0 radical (unpaired) electrons. The second-order valence-corrected chi connectivity index (χ2v) is 6.13. The fraction of sp³-hybridized carbons (Fsp3) is 0.368. The molecule has 4 heteroatoms. The van der Waals surface area contributed by atoms with E-state index in [1.165, 1.54) is 16.7 Å². The van der Waals surface area contributed by atoms with Gasteiger partial charge in [0, 0.05) is 19.1 Å². The number of nitrogens with zero attached hydrogens (tertiary/aromatic N) is 1. The van der Waals surface area contributed by atoms with Crippen LogP contribution in [0.15, 0.2) is 42.5 Å². The molecule has 2 aromatic carbocycles. The fourth-order valence-corrected chi connectivity index (χ4v) is 3.87. The van der Waals surface area contributed by atoms with Crippen LogP contribution in [-0.2, 0) is 6.42 Å². The third-order valence-electron chi connectivity index (χ3n) is 5.00. The molecule has 2 aromatic rings. The number of rotatable bonds is 3. The third kappa shape index (κ3) is 2.38. The van der Waals surface area contributed by atoms with Crippen LogP contribution in [0.2, 0.25) is 0 Å². The molecular weight excluding hydrogens is 288 g/mol. The first-order valence-corrected chi connectivity index (χ1v) is 8.10. The van der Waals surface area contributed by atoms with E-state index in [2.05, 4.69) is 52.7 Å². The van der Waals surface area contributed by atoms with Gasteiger partial charge in [0.2, 0.25) is 0 Å². The van der Waals surface area contributed by atoms with E-state index in [9.17, 15) is 0 Å². The van der Waals surface area contributed by atoms with E-state index >= 15 is 0 Å². The third-order valence-corrected chi connectivity index (χ3v) is 5.00. The molecule has 23 heavy (non-hydrogen) atoms. The van der Waals surface area contributed by atoms with Gasteiger partial charge >= 0.3 is 0 Å². The van der Waals surface area contributed by atoms with Gasteiger partial charge in [-0.25, -0.2) is 0 Å². The number of benzene rings is 2. The highest BCUT2D eigenvalue weighted by atomic mass is 16.5. The van der Waals surface area contributed by atoms with Crippen LogP contribution < -0.4 is 14.8 Å². The van der Waals surface area contributed by atoms with E-state index in [0.29, 0.717) is 12.2 Å². The Labute approximate surface area is 137 Å². The summed E-state index contributed by atoms with van der Waals surface area (Å²) in [5.74, 6) is 1.64. The summed E-state index contributed by atoms with van der Waals surface area (Å²) in [4.78, 5) is 2.56. The lowest BCUT2D eigenvalue weighted by atomic mass is 9.92. The number of fused-ring (bicyclic) bond motifs is 3. The number of nitrogens with one attached hydrogen (secondary N) is 1. The maximum Gasteiger partial charge on any atom is 0.161 e. The summed E-state index contributed by atoms with van der Waals surface area (Å²) >= 11 is 0. The largest absolute Gasteiger partial charge is 0.493 e. The molecule has 2 aliphatic heterocycles. The summed E-state index contributed by atoms with van der Waals surface area (Å²) in [6, 6.07) is 15.4. The SMILES string of the molecule is COc1cc2c(cc1OC)[C@H]1CN[C@H](c3ccccc3)N1CC2. The van der Waals surface area contributed by atoms with Crippen LogP contribution in [0.25, 0.3) is 0 Å². The van der Waals surface area contributed by atoms with Gasteiger partial charge in [-0.3, -0.25) is 10.2 Å². The lowest BCUT2D eigenvalue weighted by Gasteiger charge is -2.35. The van der Waals surface area contributed by atoms with Crippen molar-refractivity contribution in [2.24, 2.45) is 0 Å². The smallest absolute Gasteiger partial charge is 0.161 e. The molecule has 2 atom stereocenters. The molecule has 0 saturated carbocycles. The van der Waals surface area contributed by atoms with Crippen molar-refractivity contribution in [3.63, 3.8) is 0 Å². The monoisotopic (exact) mass is 310 g/mol. The Morgan fingerprint density at radius 1 is 1.04 bits per heavy atom. The zero-order valence-corrected chi connectivity index (χ0v) is 13.6. The Kier molecular flexibility index (Phi) is 3.71. The standard InChI is InChI=1S/C19H22N2O2/c1-22-17-10-14-8-9-21-16(15(14)11-18(17)23-2)12-20-19(21)13-6-4-3-5-7-13/h3-7,10-11,16,19-20H,8-9,12H2,1-2H3/t16-,19+/m1/s1. The first kappa shape index (κ1) is 14.5. The van der Waals surface area contributed by atoms with Crippen molar-refractivity contribution in [3.05, 3.63) is 59.2 Å². The Morgan fingerprint density at radius 3 is 2.52 bits per heavy atom. The van der Waals surface area contributed by atoms with E-state index in [-0.39, 0.29) is 0 Å². The van der Waals surface area contributed by atoms with Crippen LogP contribution in [-0.4, -0.2) is 32.2 Å². The van der Waals surface area contributed by atoms with Gasteiger partial charge in [0.25, 0.3) is 0 Å². The minimum absolute atomic E-state index is 0.294. The van der Waals surface area contributed by atoms with Gasteiger partial charge in [0.1, 0.15) is 0 Å². The molecule has 1 fully saturated rings. The zero-order valence-electron chi connectivity index (χ0n) is 13.6. The van der Waals surface area contributed by atoms with Gasteiger partial charge < -0.3 is 9.47 Å². The van der Waals surface area contributed by atoms with Gasteiger partial charge in [0.05, 0.1) is 20.4 Å². The van der Waals surface area contributed by atoms with Gasteiger partial charge in [0.15, 0.2) is 11.5 Å². The molecule has 2 heterocycles. The van der Waals surface area contributed by atoms with E-state index < -0.39 is 0 Å². The molecule has 120 valence electrons. The van der Waals surface area contributed by atoms with Gasteiger partial charge in [-0.05, 0) is 35.2 Å². The van der Waals surface area contributed by atoms with Crippen LogP contribution in [0.5, 0.6) is 11.5 Å². The molecule has 2 aliphatic rings. The Hall–Kier alpha value is -2.04. The lowest BCUT2D eigenvalue weighted by molar-refractivity contribution is 0.180. The number of ether oxygens (including phenoxy) is 2. The molecule has 0 aromatic heterocycles. The Bertz CT molecular complexity index is 702. The lowest BCUT2D eigenvalue weighted by Crippen LogP contribution is -2.34. The fourth-order valence-electron chi connectivity index (χ4n) is 3.87. The van der Waals surface area contributed by atoms with Gasteiger partial charge in [-0.2, -0.15) is 0 Å². The molecule has 1 N–H and O–H groups in total.